The Morgan fingerprint density at radius 2 is 0.889 bits per heavy atom. The van der Waals surface area contributed by atoms with Crippen molar-refractivity contribution in [3.05, 3.63) is 0 Å². The van der Waals surface area contributed by atoms with E-state index in [0.717, 1.165) is 6.08 Å². The molecule has 0 aromatic rings. The van der Waals surface area contributed by atoms with Gasteiger partial charge in [0.25, 0.3) is 0 Å². The normalized spacial score (nSPS) is 12.1. The highest BCUT2D eigenvalue weighted by Crippen LogP contribution is 2.04. The molecule has 27 heavy (non-hydrogen) atoms. The smallest absolute Gasteiger partial charge is 0.307 e. The van der Waals surface area contributed by atoms with Crippen molar-refractivity contribution in [1.29, 1.82) is 5.41 Å². The molecule has 3 unspecified atom stereocenters. The first kappa shape index (κ1) is 33.4. The van der Waals surface area contributed by atoms with Crippen molar-refractivity contribution in [3.8, 4) is 0 Å². The summed E-state index contributed by atoms with van der Waals surface area (Å²) < 4.78 is 0. The Bertz CT molecular complexity index is 366. The van der Waals surface area contributed by atoms with E-state index < -0.39 is 17.9 Å². The van der Waals surface area contributed by atoms with Crippen molar-refractivity contribution in [3.63, 3.8) is 0 Å². The number of nitrogens with one attached hydrogen (secondary N) is 1. The zero-order valence-electron chi connectivity index (χ0n) is 15.8. The van der Waals surface area contributed by atoms with Gasteiger partial charge in [-0.1, -0.05) is 20.8 Å². The number of carbonyl (C=O) groups is 3. The van der Waals surface area contributed by atoms with Crippen molar-refractivity contribution < 1.29 is 34.5 Å². The highest BCUT2D eigenvalue weighted by atomic mass is 32.1. The first-order valence-corrected chi connectivity index (χ1v) is 10.0. The Morgan fingerprint density at radius 1 is 0.741 bits per heavy atom. The maximum absolute atomic E-state index is 10.1. The number of carboxylic acid groups (broad SMARTS) is 3. The van der Waals surface area contributed by atoms with E-state index in [1.807, 2.05) is 20.8 Å². The van der Waals surface area contributed by atoms with Gasteiger partial charge in [-0.25, -0.2) is 10.2 Å². The Morgan fingerprint density at radius 3 is 0.889 bits per heavy atom. The number of isocyanates is 1. The van der Waals surface area contributed by atoms with E-state index in [0.29, 0.717) is 36.5 Å². The molecule has 0 heterocycles. The molecular weight excluding hydrogens is 414 g/mol. The van der Waals surface area contributed by atoms with E-state index in [1.165, 1.54) is 0 Å². The van der Waals surface area contributed by atoms with Crippen LogP contribution in [0, 0.1) is 23.2 Å². The fourth-order valence-corrected chi connectivity index (χ4v) is 2.39. The van der Waals surface area contributed by atoms with Crippen LogP contribution in [0.25, 0.3) is 0 Å². The highest BCUT2D eigenvalue weighted by Gasteiger charge is 2.12. The molecule has 0 fully saturated rings. The summed E-state index contributed by atoms with van der Waals surface area (Å²) >= 11 is 11.6. The van der Waals surface area contributed by atoms with Crippen LogP contribution in [0.1, 0.15) is 40.0 Å². The van der Waals surface area contributed by atoms with Gasteiger partial charge in [0.15, 0.2) is 0 Å². The predicted octanol–water partition coefficient (Wildman–Crippen LogP) is 2.98. The molecule has 0 aliphatic heterocycles. The molecule has 4 N–H and O–H groups in total. The lowest BCUT2D eigenvalue weighted by Crippen LogP contribution is -2.13. The SMILES string of the molecule is CCC(CS)C(=O)O.CCC(CS)C(=O)O.CCC(CS)C(=O)O.N=C=O. The van der Waals surface area contributed by atoms with Gasteiger partial charge in [-0.2, -0.15) is 37.9 Å². The van der Waals surface area contributed by atoms with E-state index >= 15 is 0 Å². The molecule has 0 saturated heterocycles. The van der Waals surface area contributed by atoms with Crippen molar-refractivity contribution in [1.82, 2.24) is 0 Å². The summed E-state index contributed by atoms with van der Waals surface area (Å²) in [5, 5.41) is 30.4. The third kappa shape index (κ3) is 24.8. The molecule has 0 aliphatic rings. The second kappa shape index (κ2) is 24.8. The van der Waals surface area contributed by atoms with Crippen LogP contribution in [-0.4, -0.2) is 56.6 Å². The quantitative estimate of drug-likeness (QED) is 0.164. The minimum Gasteiger partial charge on any atom is -0.481 e. The molecule has 0 saturated carbocycles. The average molecular weight is 446 g/mol. The Hall–Kier alpha value is -1.16. The monoisotopic (exact) mass is 445 g/mol. The molecule has 3 atom stereocenters. The van der Waals surface area contributed by atoms with E-state index in [4.69, 9.17) is 25.5 Å². The van der Waals surface area contributed by atoms with E-state index in [2.05, 4.69) is 37.9 Å². The molecule has 0 aromatic carbocycles. The van der Waals surface area contributed by atoms with Crippen LogP contribution in [0.3, 0.4) is 0 Å². The number of carbonyl (C=O) groups excluding carboxylic acids is 1. The zero-order valence-corrected chi connectivity index (χ0v) is 18.5. The highest BCUT2D eigenvalue weighted by molar-refractivity contribution is 7.80. The summed E-state index contributed by atoms with van der Waals surface area (Å²) in [6.07, 6.45) is 2.75. The predicted molar refractivity (Wildman–Crippen MR) is 114 cm³/mol. The van der Waals surface area contributed by atoms with Gasteiger partial charge in [-0.05, 0) is 19.3 Å². The minimum absolute atomic E-state index is 0.265. The number of hydrogen-bond acceptors (Lipinski definition) is 8. The summed E-state index contributed by atoms with van der Waals surface area (Å²) in [5.41, 5.74) is 0. The first-order chi connectivity index (χ1) is 12.6. The molecule has 0 aliphatic carbocycles. The fraction of sp³-hybridized carbons (Fsp3) is 0.750. The zero-order chi connectivity index (χ0) is 22.4. The lowest BCUT2D eigenvalue weighted by molar-refractivity contribution is -0.141. The molecule has 0 bridgehead atoms. The standard InChI is InChI=1S/3C5H10O2S.CHNO/c3*1-2-4(3-8)5(6)7;2-1-3/h3*4,8H,2-3H2,1H3,(H,6,7);2H. The van der Waals surface area contributed by atoms with Crippen LogP contribution in [0.4, 0.5) is 0 Å². The fourth-order valence-electron chi connectivity index (χ4n) is 1.15. The maximum atomic E-state index is 10.1. The summed E-state index contributed by atoms with van der Waals surface area (Å²) in [7, 11) is 0. The van der Waals surface area contributed by atoms with Crippen molar-refractivity contribution in [2.75, 3.05) is 17.3 Å². The Kier molecular flexibility index (Phi) is 30.8. The van der Waals surface area contributed by atoms with E-state index in [9.17, 15) is 14.4 Å². The van der Waals surface area contributed by atoms with Crippen LogP contribution >= 0.6 is 37.9 Å². The molecule has 160 valence electrons. The maximum Gasteiger partial charge on any atom is 0.307 e. The van der Waals surface area contributed by atoms with Gasteiger partial charge < -0.3 is 15.3 Å². The third-order valence-corrected chi connectivity index (χ3v) is 4.51. The van der Waals surface area contributed by atoms with Gasteiger partial charge in [0.1, 0.15) is 0 Å². The molecular formula is C16H31NO7S3. The van der Waals surface area contributed by atoms with Crippen LogP contribution < -0.4 is 0 Å². The van der Waals surface area contributed by atoms with Crippen LogP contribution in [0.15, 0.2) is 0 Å². The Labute approximate surface area is 176 Å². The van der Waals surface area contributed by atoms with Crippen LogP contribution in [-0.2, 0) is 19.2 Å². The largest absolute Gasteiger partial charge is 0.481 e. The number of rotatable bonds is 9. The number of aliphatic carboxylic acids is 3. The minimum atomic E-state index is -0.748. The molecule has 0 amide bonds. The van der Waals surface area contributed by atoms with Crippen LogP contribution in [0.2, 0.25) is 0 Å². The summed E-state index contributed by atoms with van der Waals surface area (Å²) in [4.78, 5) is 38.7. The van der Waals surface area contributed by atoms with Gasteiger partial charge >= 0.3 is 17.9 Å². The van der Waals surface area contributed by atoms with Gasteiger partial charge in [0, 0.05) is 17.3 Å². The molecule has 0 spiro atoms. The molecule has 0 aromatic heterocycles. The number of thiol groups is 3. The van der Waals surface area contributed by atoms with Crippen LogP contribution in [0.5, 0.6) is 0 Å². The summed E-state index contributed by atoms with van der Waals surface area (Å²) in [6, 6.07) is 0. The number of hydrogen-bond donors (Lipinski definition) is 7. The van der Waals surface area contributed by atoms with E-state index in [-0.39, 0.29) is 17.8 Å². The second-order valence-electron chi connectivity index (χ2n) is 4.98. The second-order valence-corrected chi connectivity index (χ2v) is 6.08. The topological polar surface area (TPSA) is 153 Å². The summed E-state index contributed by atoms with van der Waals surface area (Å²) in [5.74, 6) is -1.73. The molecule has 0 rings (SSSR count). The lowest BCUT2D eigenvalue weighted by Gasteiger charge is -2.02. The average Bonchev–Trinajstić information content (AvgIpc) is 2.59. The van der Waals surface area contributed by atoms with Gasteiger partial charge in [0.2, 0.25) is 6.08 Å². The first-order valence-electron chi connectivity index (χ1n) is 8.12. The lowest BCUT2D eigenvalue weighted by atomic mass is 10.1. The Balaban J connectivity index is -0.000000137. The van der Waals surface area contributed by atoms with Gasteiger partial charge in [-0.15, -0.1) is 0 Å². The van der Waals surface area contributed by atoms with E-state index in [1.54, 1.807) is 0 Å². The van der Waals surface area contributed by atoms with Crippen molar-refractivity contribution in [2.45, 2.75) is 40.0 Å². The van der Waals surface area contributed by atoms with Gasteiger partial charge in [-0.3, -0.25) is 14.4 Å². The molecule has 8 nitrogen and oxygen atoms in total. The number of carboxylic acids is 3. The van der Waals surface area contributed by atoms with Crippen molar-refractivity contribution >= 4 is 61.9 Å². The van der Waals surface area contributed by atoms with Crippen molar-refractivity contribution in [2.24, 2.45) is 17.8 Å². The van der Waals surface area contributed by atoms with Gasteiger partial charge in [0.05, 0.1) is 17.8 Å². The molecule has 0 radical (unpaired) electrons. The summed E-state index contributed by atoms with van der Waals surface area (Å²) in [6.45, 7) is 5.53. The third-order valence-electron chi connectivity index (χ3n) is 3.19. The molecule has 11 heteroatoms.